The second-order valence-electron chi connectivity index (χ2n) is 5.03. The zero-order valence-corrected chi connectivity index (χ0v) is 12.3. The Morgan fingerprint density at radius 2 is 2.23 bits per heavy atom. The van der Waals surface area contributed by atoms with Crippen molar-refractivity contribution in [2.75, 3.05) is 13.6 Å². The van der Waals surface area contributed by atoms with Gasteiger partial charge in [-0.3, -0.25) is 9.88 Å². The lowest BCUT2D eigenvalue weighted by Gasteiger charge is -2.10. The number of hydrogen-bond acceptors (Lipinski definition) is 5. The predicted molar refractivity (Wildman–Crippen MR) is 83.8 cm³/mol. The summed E-state index contributed by atoms with van der Waals surface area (Å²) >= 11 is 0. The first-order chi connectivity index (χ1) is 10.8. The highest BCUT2D eigenvalue weighted by Crippen LogP contribution is 2.18. The molecule has 3 rings (SSSR count). The van der Waals surface area contributed by atoms with Gasteiger partial charge in [-0.25, -0.2) is 0 Å². The summed E-state index contributed by atoms with van der Waals surface area (Å²) in [5.74, 6) is 1.68. The zero-order chi connectivity index (χ0) is 15.2. The summed E-state index contributed by atoms with van der Waals surface area (Å²) in [6.07, 6.45) is 9.19. The normalized spacial score (nSPS) is 11.5. The van der Waals surface area contributed by atoms with Crippen LogP contribution in [0.5, 0.6) is 0 Å². The Bertz CT molecular complexity index is 717. The molecule has 22 heavy (non-hydrogen) atoms. The number of furan rings is 1. The third-order valence-corrected chi connectivity index (χ3v) is 3.18. The largest absolute Gasteiger partial charge is 0.465 e. The molecule has 0 amide bonds. The van der Waals surface area contributed by atoms with Crippen LogP contribution in [0, 0.1) is 0 Å². The Morgan fingerprint density at radius 3 is 3.00 bits per heavy atom. The van der Waals surface area contributed by atoms with E-state index in [4.69, 9.17) is 8.94 Å². The van der Waals surface area contributed by atoms with Crippen molar-refractivity contribution >= 4 is 6.08 Å². The SMILES string of the molecule is CN(C/C=C/c1ccco1)Cc1cc(-c2cccnc2)no1. The van der Waals surface area contributed by atoms with Gasteiger partial charge in [0.15, 0.2) is 5.76 Å². The van der Waals surface area contributed by atoms with Gasteiger partial charge in [0, 0.05) is 30.6 Å². The monoisotopic (exact) mass is 295 g/mol. The zero-order valence-electron chi connectivity index (χ0n) is 12.3. The molecule has 3 aromatic heterocycles. The fraction of sp³-hybridized carbons (Fsp3) is 0.176. The molecule has 0 saturated heterocycles. The minimum absolute atomic E-state index is 0.690. The smallest absolute Gasteiger partial charge is 0.151 e. The number of pyridine rings is 1. The van der Waals surface area contributed by atoms with Crippen LogP contribution in [0.4, 0.5) is 0 Å². The molecule has 0 unspecified atom stereocenters. The lowest BCUT2D eigenvalue weighted by molar-refractivity contribution is 0.292. The van der Waals surface area contributed by atoms with Crippen molar-refractivity contribution in [1.82, 2.24) is 15.0 Å². The van der Waals surface area contributed by atoms with Crippen molar-refractivity contribution < 1.29 is 8.94 Å². The Kier molecular flexibility index (Phi) is 4.46. The van der Waals surface area contributed by atoms with Crippen molar-refractivity contribution in [3.8, 4) is 11.3 Å². The first-order valence-electron chi connectivity index (χ1n) is 7.06. The van der Waals surface area contributed by atoms with Crippen molar-refractivity contribution in [2.24, 2.45) is 0 Å². The maximum Gasteiger partial charge on any atom is 0.151 e. The lowest BCUT2D eigenvalue weighted by atomic mass is 10.2. The van der Waals surface area contributed by atoms with Gasteiger partial charge in [-0.1, -0.05) is 11.2 Å². The van der Waals surface area contributed by atoms with Crippen molar-refractivity contribution in [1.29, 1.82) is 0 Å². The third-order valence-electron chi connectivity index (χ3n) is 3.18. The molecule has 3 aromatic rings. The Morgan fingerprint density at radius 1 is 1.27 bits per heavy atom. The van der Waals surface area contributed by atoms with Crippen LogP contribution >= 0.6 is 0 Å². The summed E-state index contributed by atoms with van der Waals surface area (Å²) in [6.45, 7) is 1.49. The summed E-state index contributed by atoms with van der Waals surface area (Å²) in [5, 5.41) is 4.09. The molecule has 5 nitrogen and oxygen atoms in total. The quantitative estimate of drug-likeness (QED) is 0.697. The van der Waals surface area contributed by atoms with Crippen LogP contribution in [0.25, 0.3) is 17.3 Å². The molecule has 0 aliphatic rings. The molecule has 0 aliphatic heterocycles. The van der Waals surface area contributed by atoms with E-state index in [1.54, 1.807) is 18.7 Å². The molecule has 0 radical (unpaired) electrons. The van der Waals surface area contributed by atoms with Crippen LogP contribution in [0.3, 0.4) is 0 Å². The van der Waals surface area contributed by atoms with Crippen LogP contribution in [0.15, 0.2) is 64.0 Å². The third kappa shape index (κ3) is 3.71. The van der Waals surface area contributed by atoms with E-state index < -0.39 is 0 Å². The van der Waals surface area contributed by atoms with Gasteiger partial charge >= 0.3 is 0 Å². The Hall–Kier alpha value is -2.66. The average molecular weight is 295 g/mol. The second-order valence-corrected chi connectivity index (χ2v) is 5.03. The first kappa shape index (κ1) is 14.3. The standard InChI is InChI=1S/C17H17N3O2/c1-20(9-3-6-15-7-4-10-21-15)13-16-11-17(19-22-16)14-5-2-8-18-12-14/h2-8,10-12H,9,13H2,1H3/b6-3+. The topological polar surface area (TPSA) is 55.3 Å². The van der Waals surface area contributed by atoms with Gasteiger partial charge in [0.1, 0.15) is 11.5 Å². The molecule has 112 valence electrons. The maximum atomic E-state index is 5.38. The highest BCUT2D eigenvalue weighted by molar-refractivity contribution is 5.57. The Labute approximate surface area is 128 Å². The van der Waals surface area contributed by atoms with Gasteiger partial charge in [0.05, 0.1) is 12.8 Å². The van der Waals surface area contributed by atoms with E-state index in [0.717, 1.165) is 29.3 Å². The second kappa shape index (κ2) is 6.87. The molecule has 0 bridgehead atoms. The first-order valence-corrected chi connectivity index (χ1v) is 7.06. The molecule has 0 atom stereocenters. The van der Waals surface area contributed by atoms with E-state index in [9.17, 15) is 0 Å². The maximum absolute atomic E-state index is 5.38. The van der Waals surface area contributed by atoms with Crippen LogP contribution in [-0.4, -0.2) is 28.6 Å². The summed E-state index contributed by atoms with van der Waals surface area (Å²) in [4.78, 5) is 6.22. The predicted octanol–water partition coefficient (Wildman–Crippen LogP) is 3.47. The molecule has 3 heterocycles. The lowest BCUT2D eigenvalue weighted by Crippen LogP contribution is -2.17. The van der Waals surface area contributed by atoms with Crippen LogP contribution in [0.2, 0.25) is 0 Å². The minimum atomic E-state index is 0.690. The van der Waals surface area contributed by atoms with Crippen molar-refractivity contribution in [3.05, 3.63) is 66.6 Å². The summed E-state index contributed by atoms with van der Waals surface area (Å²) in [7, 11) is 2.03. The van der Waals surface area contributed by atoms with E-state index in [-0.39, 0.29) is 0 Å². The molecular formula is C17H17N3O2. The van der Waals surface area contributed by atoms with Crippen molar-refractivity contribution in [3.63, 3.8) is 0 Å². The summed E-state index contributed by atoms with van der Waals surface area (Å²) in [6, 6.07) is 9.59. The van der Waals surface area contributed by atoms with E-state index >= 15 is 0 Å². The average Bonchev–Trinajstić information content (AvgIpc) is 3.20. The fourth-order valence-corrected chi connectivity index (χ4v) is 2.10. The summed E-state index contributed by atoms with van der Waals surface area (Å²) < 4.78 is 10.6. The highest BCUT2D eigenvalue weighted by Gasteiger charge is 2.08. The molecule has 0 N–H and O–H groups in total. The van der Waals surface area contributed by atoms with Gasteiger partial charge in [-0.2, -0.15) is 0 Å². The van der Waals surface area contributed by atoms with Gasteiger partial charge in [0.25, 0.3) is 0 Å². The van der Waals surface area contributed by atoms with Gasteiger partial charge in [0.2, 0.25) is 0 Å². The summed E-state index contributed by atoms with van der Waals surface area (Å²) in [5.41, 5.74) is 1.76. The molecule has 0 fully saturated rings. The number of nitrogens with zero attached hydrogens (tertiary/aromatic N) is 3. The van der Waals surface area contributed by atoms with E-state index in [1.807, 2.05) is 43.5 Å². The van der Waals surface area contributed by atoms with Gasteiger partial charge in [-0.15, -0.1) is 0 Å². The van der Waals surface area contributed by atoms with Gasteiger partial charge in [-0.05, 0) is 37.4 Å². The van der Waals surface area contributed by atoms with E-state index in [1.165, 1.54) is 0 Å². The van der Waals surface area contributed by atoms with E-state index in [2.05, 4.69) is 21.1 Å². The van der Waals surface area contributed by atoms with Crippen LogP contribution in [-0.2, 0) is 6.54 Å². The number of hydrogen-bond donors (Lipinski definition) is 0. The number of rotatable bonds is 6. The van der Waals surface area contributed by atoms with Gasteiger partial charge < -0.3 is 8.94 Å². The number of likely N-dealkylation sites (N-methyl/N-ethyl adjacent to an activating group) is 1. The van der Waals surface area contributed by atoms with Crippen molar-refractivity contribution in [2.45, 2.75) is 6.54 Å². The fourth-order valence-electron chi connectivity index (χ4n) is 2.10. The highest BCUT2D eigenvalue weighted by atomic mass is 16.5. The minimum Gasteiger partial charge on any atom is -0.465 e. The molecule has 0 saturated carbocycles. The van der Waals surface area contributed by atoms with Crippen LogP contribution in [0.1, 0.15) is 11.5 Å². The van der Waals surface area contributed by atoms with E-state index in [0.29, 0.717) is 6.54 Å². The molecular weight excluding hydrogens is 278 g/mol. The molecule has 0 aliphatic carbocycles. The molecule has 5 heteroatoms. The molecule has 0 aromatic carbocycles. The van der Waals surface area contributed by atoms with Crippen LogP contribution < -0.4 is 0 Å². The number of aromatic nitrogens is 2. The Balaban J connectivity index is 1.56. The molecule has 0 spiro atoms.